The second-order valence-electron chi connectivity index (χ2n) is 7.21. The predicted octanol–water partition coefficient (Wildman–Crippen LogP) is 1.09. The fourth-order valence-corrected chi connectivity index (χ4v) is 2.82. The smallest absolute Gasteiger partial charge is 0.331 e. The third-order valence-corrected chi connectivity index (χ3v) is 4.05. The molecule has 0 atom stereocenters. The first-order chi connectivity index (χ1) is 12.0. The molecule has 0 radical (unpaired) electrons. The molecular weight excluding hydrogens is 353 g/mol. The summed E-state index contributed by atoms with van der Waals surface area (Å²) in [7, 11) is 0. The molecule has 1 aliphatic heterocycles. The Morgan fingerprint density at radius 2 is 1.88 bits per heavy atom. The summed E-state index contributed by atoms with van der Waals surface area (Å²) < 4.78 is 39.1. The van der Waals surface area contributed by atoms with Gasteiger partial charge in [-0.15, -0.1) is 0 Å². The highest BCUT2D eigenvalue weighted by molar-refractivity contribution is 5.83. The summed E-state index contributed by atoms with van der Waals surface area (Å²) in [6.45, 7) is 4.19. The van der Waals surface area contributed by atoms with Crippen LogP contribution in [-0.4, -0.2) is 62.9 Å². The highest BCUT2D eigenvalue weighted by atomic mass is 19.4. The SMILES string of the molecule is CC(C)(C)n1ncc2c(=O)[nH]c(N3CCN(CC(F)(F)F)C(=O)C3)nc21. The Hall–Kier alpha value is -2.59. The number of amides is 1. The average Bonchev–Trinajstić information content (AvgIpc) is 2.92. The van der Waals surface area contributed by atoms with Crippen LogP contribution in [0.15, 0.2) is 11.0 Å². The third kappa shape index (κ3) is 3.51. The van der Waals surface area contributed by atoms with Crippen LogP contribution in [0.25, 0.3) is 11.0 Å². The molecule has 0 bridgehead atoms. The number of carbonyl (C=O) groups is 1. The zero-order valence-corrected chi connectivity index (χ0v) is 14.6. The molecule has 8 nitrogen and oxygen atoms in total. The van der Waals surface area contributed by atoms with Crippen LogP contribution in [0.4, 0.5) is 19.1 Å². The summed E-state index contributed by atoms with van der Waals surface area (Å²) in [6.07, 6.45) is -3.02. The van der Waals surface area contributed by atoms with Crippen molar-refractivity contribution < 1.29 is 18.0 Å². The van der Waals surface area contributed by atoms with Gasteiger partial charge in [-0.1, -0.05) is 0 Å². The molecule has 1 fully saturated rings. The summed E-state index contributed by atoms with van der Waals surface area (Å²) in [5.74, 6) is -0.519. The maximum absolute atomic E-state index is 12.5. The topological polar surface area (TPSA) is 87.1 Å². The number of anilines is 1. The van der Waals surface area contributed by atoms with Crippen molar-refractivity contribution in [3.05, 3.63) is 16.6 Å². The Bertz CT molecular complexity index is 895. The number of halogens is 3. The highest BCUT2D eigenvalue weighted by Crippen LogP contribution is 2.22. The number of H-pyrrole nitrogens is 1. The monoisotopic (exact) mass is 372 g/mol. The van der Waals surface area contributed by atoms with Crippen molar-refractivity contribution in [1.82, 2.24) is 24.6 Å². The molecule has 0 unspecified atom stereocenters. The summed E-state index contributed by atoms with van der Waals surface area (Å²) >= 11 is 0. The molecule has 1 aliphatic rings. The van der Waals surface area contributed by atoms with Gasteiger partial charge in [0.2, 0.25) is 11.9 Å². The van der Waals surface area contributed by atoms with E-state index in [-0.39, 0.29) is 25.6 Å². The molecule has 0 saturated carbocycles. The lowest BCUT2D eigenvalue weighted by molar-refractivity contribution is -0.161. The van der Waals surface area contributed by atoms with E-state index in [1.165, 1.54) is 11.1 Å². The van der Waals surface area contributed by atoms with Crippen molar-refractivity contribution in [1.29, 1.82) is 0 Å². The molecule has 2 aromatic rings. The number of hydrogen-bond acceptors (Lipinski definition) is 5. The Labute approximate surface area is 146 Å². The fourth-order valence-electron chi connectivity index (χ4n) is 2.82. The van der Waals surface area contributed by atoms with Gasteiger partial charge >= 0.3 is 6.18 Å². The van der Waals surface area contributed by atoms with Gasteiger partial charge in [-0.2, -0.15) is 23.3 Å². The summed E-state index contributed by atoms with van der Waals surface area (Å²) in [5.41, 5.74) is -0.465. The lowest BCUT2D eigenvalue weighted by Gasteiger charge is -2.34. The lowest BCUT2D eigenvalue weighted by atomic mass is 10.1. The normalized spacial score (nSPS) is 16.6. The molecule has 3 rings (SSSR count). The van der Waals surface area contributed by atoms with Gasteiger partial charge in [0.1, 0.15) is 11.9 Å². The quantitative estimate of drug-likeness (QED) is 0.853. The van der Waals surface area contributed by atoms with E-state index in [0.29, 0.717) is 11.0 Å². The average molecular weight is 372 g/mol. The molecule has 0 aromatic carbocycles. The van der Waals surface area contributed by atoms with Crippen molar-refractivity contribution in [3.63, 3.8) is 0 Å². The van der Waals surface area contributed by atoms with E-state index in [4.69, 9.17) is 0 Å². The summed E-state index contributed by atoms with van der Waals surface area (Å²) in [6, 6.07) is 0. The van der Waals surface area contributed by atoms with Crippen LogP contribution < -0.4 is 10.5 Å². The first kappa shape index (κ1) is 18.2. The number of hydrogen-bond donors (Lipinski definition) is 1. The number of rotatable bonds is 2. The van der Waals surface area contributed by atoms with Gasteiger partial charge in [-0.3, -0.25) is 14.6 Å². The van der Waals surface area contributed by atoms with Crippen LogP contribution in [0, 0.1) is 0 Å². The van der Waals surface area contributed by atoms with E-state index in [1.54, 1.807) is 4.68 Å². The van der Waals surface area contributed by atoms with E-state index in [2.05, 4.69) is 15.1 Å². The van der Waals surface area contributed by atoms with E-state index < -0.39 is 29.7 Å². The Kier molecular flexibility index (Phi) is 4.20. The molecule has 2 aromatic heterocycles. The summed E-state index contributed by atoms with van der Waals surface area (Å²) in [5, 5.41) is 4.51. The van der Waals surface area contributed by atoms with E-state index in [1.807, 2.05) is 20.8 Å². The number of piperazine rings is 1. The minimum atomic E-state index is -4.44. The molecule has 142 valence electrons. The van der Waals surface area contributed by atoms with E-state index in [9.17, 15) is 22.8 Å². The van der Waals surface area contributed by atoms with Gasteiger partial charge in [0.15, 0.2) is 5.65 Å². The molecule has 1 N–H and O–H groups in total. The van der Waals surface area contributed by atoms with Gasteiger partial charge in [-0.05, 0) is 20.8 Å². The number of aromatic nitrogens is 4. The standard InChI is InChI=1S/C15H19F3N6O2/c1-14(2,3)24-11-9(6-19-24)12(26)21-13(20-11)22-4-5-23(10(25)7-22)8-15(16,17)18/h6H,4-5,7-8H2,1-3H3,(H,20,21,26). The Balaban J connectivity index is 1.90. The Morgan fingerprint density at radius 1 is 1.19 bits per heavy atom. The predicted molar refractivity (Wildman–Crippen MR) is 88.0 cm³/mol. The maximum atomic E-state index is 12.5. The molecular formula is C15H19F3N6O2. The van der Waals surface area contributed by atoms with Crippen molar-refractivity contribution >= 4 is 22.9 Å². The maximum Gasteiger partial charge on any atom is 0.406 e. The van der Waals surface area contributed by atoms with Crippen LogP contribution in [0.2, 0.25) is 0 Å². The van der Waals surface area contributed by atoms with Gasteiger partial charge in [0.05, 0.1) is 18.3 Å². The lowest BCUT2D eigenvalue weighted by Crippen LogP contribution is -2.53. The number of nitrogens with one attached hydrogen (secondary N) is 1. The molecule has 3 heterocycles. The molecule has 0 spiro atoms. The van der Waals surface area contributed by atoms with Crippen molar-refractivity contribution in [2.75, 3.05) is 31.1 Å². The first-order valence-corrected chi connectivity index (χ1v) is 8.04. The zero-order chi connectivity index (χ0) is 19.3. The van der Waals surface area contributed by atoms with E-state index in [0.717, 1.165) is 4.90 Å². The minimum absolute atomic E-state index is 0.0986. The van der Waals surface area contributed by atoms with Gasteiger partial charge < -0.3 is 9.80 Å². The van der Waals surface area contributed by atoms with Crippen LogP contribution >= 0.6 is 0 Å². The number of nitrogens with zero attached hydrogens (tertiary/aromatic N) is 5. The largest absolute Gasteiger partial charge is 0.406 e. The number of aromatic amines is 1. The van der Waals surface area contributed by atoms with Gasteiger partial charge in [0.25, 0.3) is 5.56 Å². The van der Waals surface area contributed by atoms with Crippen LogP contribution in [0.3, 0.4) is 0 Å². The minimum Gasteiger partial charge on any atom is -0.331 e. The number of carbonyl (C=O) groups excluding carboxylic acids is 1. The number of alkyl halides is 3. The Morgan fingerprint density at radius 3 is 2.46 bits per heavy atom. The van der Waals surface area contributed by atoms with Crippen molar-refractivity contribution in [2.24, 2.45) is 0 Å². The van der Waals surface area contributed by atoms with Gasteiger partial charge in [0, 0.05) is 13.1 Å². The second-order valence-corrected chi connectivity index (χ2v) is 7.21. The number of fused-ring (bicyclic) bond motifs is 1. The van der Waals surface area contributed by atoms with E-state index >= 15 is 0 Å². The summed E-state index contributed by atoms with van der Waals surface area (Å²) in [4.78, 5) is 33.5. The van der Waals surface area contributed by atoms with Crippen LogP contribution in [0.1, 0.15) is 20.8 Å². The second kappa shape index (κ2) is 5.99. The molecule has 0 aliphatic carbocycles. The van der Waals surface area contributed by atoms with Crippen molar-refractivity contribution in [3.8, 4) is 0 Å². The highest BCUT2D eigenvalue weighted by Gasteiger charge is 2.36. The third-order valence-electron chi connectivity index (χ3n) is 4.05. The van der Waals surface area contributed by atoms with Gasteiger partial charge in [-0.25, -0.2) is 4.68 Å². The van der Waals surface area contributed by atoms with Crippen LogP contribution in [0.5, 0.6) is 0 Å². The van der Waals surface area contributed by atoms with Crippen molar-refractivity contribution in [2.45, 2.75) is 32.5 Å². The molecule has 1 amide bonds. The molecule has 26 heavy (non-hydrogen) atoms. The fraction of sp³-hybridized carbons (Fsp3) is 0.600. The zero-order valence-electron chi connectivity index (χ0n) is 14.6. The van der Waals surface area contributed by atoms with Crippen LogP contribution in [-0.2, 0) is 10.3 Å². The molecule has 1 saturated heterocycles. The first-order valence-electron chi connectivity index (χ1n) is 8.04. The molecule has 11 heteroatoms.